The molecule has 17 heavy (non-hydrogen) atoms. The van der Waals surface area contributed by atoms with Crippen LogP contribution in [0.3, 0.4) is 0 Å². The van der Waals surface area contributed by atoms with E-state index in [9.17, 15) is 9.59 Å². The number of hydrogen-bond donors (Lipinski definition) is 1. The molecule has 0 radical (unpaired) electrons. The maximum Gasteiger partial charge on any atom is 0.308 e. The molecule has 1 aromatic rings. The molecule has 1 saturated heterocycles. The lowest BCUT2D eigenvalue weighted by Gasteiger charge is -2.16. The van der Waals surface area contributed by atoms with Gasteiger partial charge in [-0.3, -0.25) is 9.59 Å². The monoisotopic (exact) mass is 274 g/mol. The summed E-state index contributed by atoms with van der Waals surface area (Å²) in [6.07, 6.45) is -0.00705. The predicted octanol–water partition coefficient (Wildman–Crippen LogP) is 1.83. The van der Waals surface area contributed by atoms with E-state index in [-0.39, 0.29) is 29.2 Å². The number of anilines is 1. The molecular weight excluding hydrogens is 267 g/mol. The zero-order chi connectivity index (χ0) is 12.6. The molecule has 2 heterocycles. The fourth-order valence-corrected chi connectivity index (χ4v) is 2.18. The molecule has 1 amide bonds. The Kier molecular flexibility index (Phi) is 3.22. The smallest absolute Gasteiger partial charge is 0.308 e. The van der Waals surface area contributed by atoms with Crippen molar-refractivity contribution >= 4 is 40.8 Å². The summed E-state index contributed by atoms with van der Waals surface area (Å²) in [7, 11) is 0. The average Bonchev–Trinajstić information content (AvgIpc) is 2.59. The zero-order valence-corrected chi connectivity index (χ0v) is 10.1. The Hall–Kier alpha value is -1.33. The van der Waals surface area contributed by atoms with Gasteiger partial charge in [0.05, 0.1) is 5.92 Å². The molecule has 0 aliphatic carbocycles. The molecule has 1 fully saturated rings. The van der Waals surface area contributed by atoms with Crippen molar-refractivity contribution in [2.75, 3.05) is 11.4 Å². The maximum absolute atomic E-state index is 11.7. The normalized spacial score (nSPS) is 19.8. The summed E-state index contributed by atoms with van der Waals surface area (Å²) in [6.45, 7) is 0.130. The molecule has 1 N–H and O–H groups in total. The third-order valence-corrected chi connectivity index (χ3v) is 2.92. The summed E-state index contributed by atoms with van der Waals surface area (Å²) < 4.78 is 0. The number of hydrogen-bond acceptors (Lipinski definition) is 3. The van der Waals surface area contributed by atoms with Crippen LogP contribution in [0.5, 0.6) is 0 Å². The summed E-state index contributed by atoms with van der Waals surface area (Å²) in [5.74, 6) is -1.92. The van der Waals surface area contributed by atoms with Crippen LogP contribution in [0.15, 0.2) is 12.1 Å². The van der Waals surface area contributed by atoms with Crippen molar-refractivity contribution in [1.82, 2.24) is 4.98 Å². The van der Waals surface area contributed by atoms with Crippen LogP contribution < -0.4 is 4.90 Å². The summed E-state index contributed by atoms with van der Waals surface area (Å²) in [6, 6.07) is 2.96. The number of carboxylic acids is 1. The summed E-state index contributed by atoms with van der Waals surface area (Å²) in [5.41, 5.74) is 0.476. The number of rotatable bonds is 2. The highest BCUT2D eigenvalue weighted by atomic mass is 35.5. The number of nitrogens with zero attached hydrogens (tertiary/aromatic N) is 2. The minimum atomic E-state index is -0.980. The molecular formula is C10H8Cl2N2O3. The summed E-state index contributed by atoms with van der Waals surface area (Å²) in [4.78, 5) is 27.6. The van der Waals surface area contributed by atoms with Gasteiger partial charge in [-0.05, 0) is 12.1 Å². The van der Waals surface area contributed by atoms with Gasteiger partial charge < -0.3 is 10.0 Å². The molecule has 0 bridgehead atoms. The number of halogens is 2. The third kappa shape index (κ3) is 2.50. The van der Waals surface area contributed by atoms with E-state index in [0.29, 0.717) is 5.69 Å². The largest absolute Gasteiger partial charge is 0.481 e. The number of carboxylic acid groups (broad SMARTS) is 1. The second-order valence-corrected chi connectivity index (χ2v) is 4.49. The quantitative estimate of drug-likeness (QED) is 0.836. The van der Waals surface area contributed by atoms with E-state index >= 15 is 0 Å². The van der Waals surface area contributed by atoms with Crippen LogP contribution in [0.2, 0.25) is 10.3 Å². The first-order chi connectivity index (χ1) is 7.97. The van der Waals surface area contributed by atoms with Crippen LogP contribution in [0.1, 0.15) is 6.42 Å². The number of aromatic nitrogens is 1. The first-order valence-corrected chi connectivity index (χ1v) is 5.59. The number of amides is 1. The molecule has 90 valence electrons. The van der Waals surface area contributed by atoms with Crippen molar-refractivity contribution in [1.29, 1.82) is 0 Å². The van der Waals surface area contributed by atoms with Crippen LogP contribution in [-0.2, 0) is 9.59 Å². The molecule has 2 rings (SSSR count). The second-order valence-electron chi connectivity index (χ2n) is 3.71. The topological polar surface area (TPSA) is 70.5 Å². The van der Waals surface area contributed by atoms with Gasteiger partial charge in [-0.15, -0.1) is 0 Å². The second kappa shape index (κ2) is 4.50. The minimum Gasteiger partial charge on any atom is -0.481 e. The highest BCUT2D eigenvalue weighted by molar-refractivity contribution is 6.33. The van der Waals surface area contributed by atoms with Gasteiger partial charge in [0.25, 0.3) is 0 Å². The number of aliphatic carboxylic acids is 1. The molecule has 0 spiro atoms. The van der Waals surface area contributed by atoms with Crippen LogP contribution in [0.25, 0.3) is 0 Å². The Morgan fingerprint density at radius 2 is 2.00 bits per heavy atom. The molecule has 5 nitrogen and oxygen atoms in total. The van der Waals surface area contributed by atoms with E-state index in [1.54, 1.807) is 0 Å². The van der Waals surface area contributed by atoms with Crippen LogP contribution >= 0.6 is 23.2 Å². The Morgan fingerprint density at radius 3 is 2.47 bits per heavy atom. The van der Waals surface area contributed by atoms with Crippen molar-refractivity contribution < 1.29 is 14.7 Å². The van der Waals surface area contributed by atoms with Crippen molar-refractivity contribution in [3.05, 3.63) is 22.4 Å². The molecule has 7 heteroatoms. The number of carbonyl (C=O) groups excluding carboxylic acids is 1. The Bertz CT molecular complexity index is 472. The van der Waals surface area contributed by atoms with Crippen molar-refractivity contribution in [3.8, 4) is 0 Å². The molecule has 0 saturated carbocycles. The van der Waals surface area contributed by atoms with Crippen LogP contribution in [-0.4, -0.2) is 28.5 Å². The lowest BCUT2D eigenvalue weighted by atomic mass is 10.1. The van der Waals surface area contributed by atoms with E-state index in [1.807, 2.05) is 0 Å². The number of pyridine rings is 1. The van der Waals surface area contributed by atoms with Crippen LogP contribution in [0, 0.1) is 5.92 Å². The fourth-order valence-electron chi connectivity index (χ4n) is 1.73. The van der Waals surface area contributed by atoms with E-state index < -0.39 is 11.9 Å². The van der Waals surface area contributed by atoms with Gasteiger partial charge in [-0.1, -0.05) is 23.2 Å². The van der Waals surface area contributed by atoms with Gasteiger partial charge in [0.15, 0.2) is 0 Å². The SMILES string of the molecule is O=C(O)C1CC(=O)N(c2cc(Cl)nc(Cl)c2)C1. The summed E-state index contributed by atoms with van der Waals surface area (Å²) in [5, 5.41) is 9.19. The highest BCUT2D eigenvalue weighted by Crippen LogP contribution is 2.28. The van der Waals surface area contributed by atoms with E-state index in [0.717, 1.165) is 0 Å². The highest BCUT2D eigenvalue weighted by Gasteiger charge is 2.35. The van der Waals surface area contributed by atoms with Gasteiger partial charge in [0.1, 0.15) is 10.3 Å². The molecule has 1 aliphatic heterocycles. The standard InChI is InChI=1S/C10H8Cl2N2O3/c11-7-2-6(3-8(12)13-7)14-4-5(10(16)17)1-9(14)15/h2-3,5H,1,4H2,(H,16,17). The summed E-state index contributed by atoms with van der Waals surface area (Å²) >= 11 is 11.5. The first kappa shape index (κ1) is 12.1. The molecule has 1 unspecified atom stereocenters. The Balaban J connectivity index is 2.28. The molecule has 1 aliphatic rings. The molecule has 0 aromatic carbocycles. The van der Waals surface area contributed by atoms with Gasteiger partial charge in [0, 0.05) is 18.7 Å². The minimum absolute atomic E-state index is 0.00705. The zero-order valence-electron chi connectivity index (χ0n) is 8.56. The van der Waals surface area contributed by atoms with Crippen LogP contribution in [0.4, 0.5) is 5.69 Å². The molecule has 1 aromatic heterocycles. The Labute approximate surface area is 107 Å². The lowest BCUT2D eigenvalue weighted by molar-refractivity contribution is -0.141. The van der Waals surface area contributed by atoms with E-state index in [1.165, 1.54) is 17.0 Å². The Morgan fingerprint density at radius 1 is 1.41 bits per heavy atom. The third-order valence-electron chi connectivity index (χ3n) is 2.53. The average molecular weight is 275 g/mol. The maximum atomic E-state index is 11.7. The number of carbonyl (C=O) groups is 2. The van der Waals surface area contributed by atoms with E-state index in [2.05, 4.69) is 4.98 Å². The van der Waals surface area contributed by atoms with Gasteiger partial charge in [-0.25, -0.2) is 4.98 Å². The van der Waals surface area contributed by atoms with Gasteiger partial charge >= 0.3 is 5.97 Å². The first-order valence-electron chi connectivity index (χ1n) is 4.83. The van der Waals surface area contributed by atoms with Gasteiger partial charge in [-0.2, -0.15) is 0 Å². The molecule has 1 atom stereocenters. The van der Waals surface area contributed by atoms with Crippen molar-refractivity contribution in [2.45, 2.75) is 6.42 Å². The van der Waals surface area contributed by atoms with Crippen molar-refractivity contribution in [3.63, 3.8) is 0 Å². The van der Waals surface area contributed by atoms with Gasteiger partial charge in [0.2, 0.25) is 5.91 Å². The van der Waals surface area contributed by atoms with Crippen molar-refractivity contribution in [2.24, 2.45) is 5.92 Å². The predicted molar refractivity (Wildman–Crippen MR) is 62.4 cm³/mol. The fraction of sp³-hybridized carbons (Fsp3) is 0.300. The van der Waals surface area contributed by atoms with E-state index in [4.69, 9.17) is 28.3 Å². The lowest BCUT2D eigenvalue weighted by Crippen LogP contribution is -2.25.